The van der Waals surface area contributed by atoms with Crippen molar-refractivity contribution in [3.63, 3.8) is 0 Å². The second-order valence-electron chi connectivity index (χ2n) is 4.66. The topological polar surface area (TPSA) is 77.2 Å². The van der Waals surface area contributed by atoms with E-state index in [0.29, 0.717) is 23.0 Å². The average molecular weight is 313 g/mol. The standard InChI is InChI=1S/C16H12FN3O3/c17-11-2-1-3-14(8-11)23-16-5-4-13(10-18-16)19-15(21)9-12-6-7-22-20-12/h1-8,10H,9H2,(H,19,21). The van der Waals surface area contributed by atoms with Crippen LogP contribution in [0.3, 0.4) is 0 Å². The van der Waals surface area contributed by atoms with Gasteiger partial charge < -0.3 is 14.6 Å². The molecule has 0 fully saturated rings. The summed E-state index contributed by atoms with van der Waals surface area (Å²) in [5.74, 6) is 0.0177. The summed E-state index contributed by atoms with van der Waals surface area (Å²) in [6.07, 6.45) is 2.97. The minimum Gasteiger partial charge on any atom is -0.439 e. The number of carbonyl (C=O) groups excluding carboxylic acids is 1. The molecule has 0 saturated carbocycles. The summed E-state index contributed by atoms with van der Waals surface area (Å²) in [6.45, 7) is 0. The van der Waals surface area contributed by atoms with Crippen molar-refractivity contribution in [3.8, 4) is 11.6 Å². The fourth-order valence-corrected chi connectivity index (χ4v) is 1.86. The molecule has 7 heteroatoms. The first kappa shape index (κ1) is 14.7. The number of nitrogens with zero attached hydrogens (tertiary/aromatic N) is 2. The van der Waals surface area contributed by atoms with Gasteiger partial charge in [-0.15, -0.1) is 0 Å². The molecule has 116 valence electrons. The number of rotatable bonds is 5. The summed E-state index contributed by atoms with van der Waals surface area (Å²) in [4.78, 5) is 15.9. The van der Waals surface area contributed by atoms with Gasteiger partial charge in [0.15, 0.2) is 0 Å². The van der Waals surface area contributed by atoms with Gasteiger partial charge >= 0.3 is 0 Å². The molecular formula is C16H12FN3O3. The molecule has 0 unspecified atom stereocenters. The van der Waals surface area contributed by atoms with E-state index in [9.17, 15) is 9.18 Å². The zero-order valence-electron chi connectivity index (χ0n) is 11.9. The third-order valence-electron chi connectivity index (χ3n) is 2.87. The van der Waals surface area contributed by atoms with Crippen molar-refractivity contribution in [2.75, 3.05) is 5.32 Å². The Morgan fingerprint density at radius 2 is 2.17 bits per heavy atom. The average Bonchev–Trinajstić information content (AvgIpc) is 3.02. The predicted octanol–water partition coefficient (Wildman–Crippen LogP) is 3.18. The van der Waals surface area contributed by atoms with Crippen molar-refractivity contribution in [1.82, 2.24) is 10.1 Å². The van der Waals surface area contributed by atoms with E-state index in [2.05, 4.69) is 20.0 Å². The lowest BCUT2D eigenvalue weighted by molar-refractivity contribution is -0.115. The van der Waals surface area contributed by atoms with Crippen molar-refractivity contribution in [2.45, 2.75) is 6.42 Å². The quantitative estimate of drug-likeness (QED) is 0.783. The van der Waals surface area contributed by atoms with Crippen LogP contribution >= 0.6 is 0 Å². The maximum Gasteiger partial charge on any atom is 0.230 e. The number of aromatic nitrogens is 2. The number of hydrogen-bond acceptors (Lipinski definition) is 5. The molecule has 3 aromatic rings. The van der Waals surface area contributed by atoms with Crippen molar-refractivity contribution < 1.29 is 18.4 Å². The Kier molecular flexibility index (Phi) is 4.28. The number of benzene rings is 1. The van der Waals surface area contributed by atoms with Crippen molar-refractivity contribution in [3.05, 3.63) is 66.4 Å². The first-order valence-electron chi connectivity index (χ1n) is 6.77. The van der Waals surface area contributed by atoms with E-state index in [-0.39, 0.29) is 18.1 Å². The maximum absolute atomic E-state index is 13.1. The van der Waals surface area contributed by atoms with Crippen LogP contribution in [0.5, 0.6) is 11.6 Å². The molecule has 0 aliphatic heterocycles. The van der Waals surface area contributed by atoms with Crippen LogP contribution in [-0.4, -0.2) is 16.0 Å². The third kappa shape index (κ3) is 4.13. The molecule has 3 rings (SSSR count). The van der Waals surface area contributed by atoms with Gasteiger partial charge in [-0.2, -0.15) is 0 Å². The van der Waals surface area contributed by atoms with Gasteiger partial charge in [0.25, 0.3) is 0 Å². The van der Waals surface area contributed by atoms with Gasteiger partial charge in [-0.05, 0) is 18.2 Å². The first-order valence-corrected chi connectivity index (χ1v) is 6.77. The number of hydrogen-bond donors (Lipinski definition) is 1. The van der Waals surface area contributed by atoms with Crippen LogP contribution < -0.4 is 10.1 Å². The van der Waals surface area contributed by atoms with E-state index < -0.39 is 0 Å². The second kappa shape index (κ2) is 6.69. The monoisotopic (exact) mass is 313 g/mol. The SMILES string of the molecule is O=C(Cc1ccon1)Nc1ccc(Oc2cccc(F)c2)nc1. The maximum atomic E-state index is 13.1. The molecule has 1 N–H and O–H groups in total. The molecule has 1 aromatic carbocycles. The molecule has 1 amide bonds. The van der Waals surface area contributed by atoms with Gasteiger partial charge in [-0.1, -0.05) is 11.2 Å². The number of nitrogens with one attached hydrogen (secondary N) is 1. The van der Waals surface area contributed by atoms with E-state index >= 15 is 0 Å². The molecule has 0 radical (unpaired) electrons. The minimum absolute atomic E-state index is 0.109. The van der Waals surface area contributed by atoms with Crippen LogP contribution in [0, 0.1) is 5.82 Å². The highest BCUT2D eigenvalue weighted by Gasteiger charge is 2.07. The van der Waals surface area contributed by atoms with Crippen LogP contribution in [0.2, 0.25) is 0 Å². The Hall–Kier alpha value is -3.22. The lowest BCUT2D eigenvalue weighted by Gasteiger charge is -2.06. The van der Waals surface area contributed by atoms with Gasteiger partial charge in [-0.3, -0.25) is 4.79 Å². The van der Waals surface area contributed by atoms with E-state index in [0.717, 1.165) is 0 Å². The molecule has 2 aromatic heterocycles. The Morgan fingerprint density at radius 1 is 1.26 bits per heavy atom. The van der Waals surface area contributed by atoms with E-state index in [1.165, 1.54) is 24.6 Å². The summed E-state index contributed by atoms with van der Waals surface area (Å²) in [6, 6.07) is 10.6. The summed E-state index contributed by atoms with van der Waals surface area (Å²) in [5, 5.41) is 6.35. The lowest BCUT2D eigenvalue weighted by Crippen LogP contribution is -2.14. The Morgan fingerprint density at radius 3 is 2.87 bits per heavy atom. The summed E-state index contributed by atoms with van der Waals surface area (Å²) < 4.78 is 23.2. The van der Waals surface area contributed by atoms with Gasteiger partial charge in [-0.25, -0.2) is 9.37 Å². The van der Waals surface area contributed by atoms with E-state index in [4.69, 9.17) is 4.74 Å². The Labute approximate surface area is 130 Å². The number of anilines is 1. The van der Waals surface area contributed by atoms with Crippen molar-refractivity contribution in [1.29, 1.82) is 0 Å². The number of halogens is 1. The van der Waals surface area contributed by atoms with Gasteiger partial charge in [0, 0.05) is 18.2 Å². The molecular weight excluding hydrogens is 301 g/mol. The largest absolute Gasteiger partial charge is 0.439 e. The molecule has 0 bridgehead atoms. The summed E-state index contributed by atoms with van der Waals surface area (Å²) in [7, 11) is 0. The molecule has 2 heterocycles. The van der Waals surface area contributed by atoms with E-state index in [1.807, 2.05) is 0 Å². The highest BCUT2D eigenvalue weighted by atomic mass is 19.1. The molecule has 23 heavy (non-hydrogen) atoms. The first-order chi connectivity index (χ1) is 11.2. The minimum atomic E-state index is -0.390. The number of ether oxygens (including phenoxy) is 1. The molecule has 0 atom stereocenters. The van der Waals surface area contributed by atoms with Crippen LogP contribution in [-0.2, 0) is 11.2 Å². The van der Waals surface area contributed by atoms with Crippen LogP contribution in [0.25, 0.3) is 0 Å². The normalized spacial score (nSPS) is 10.3. The number of pyridine rings is 1. The molecule has 0 spiro atoms. The highest BCUT2D eigenvalue weighted by Crippen LogP contribution is 2.21. The van der Waals surface area contributed by atoms with Crippen molar-refractivity contribution >= 4 is 11.6 Å². The van der Waals surface area contributed by atoms with Crippen LogP contribution in [0.15, 0.2) is 59.4 Å². The highest BCUT2D eigenvalue weighted by molar-refractivity contribution is 5.91. The molecule has 0 saturated heterocycles. The predicted molar refractivity (Wildman–Crippen MR) is 79.5 cm³/mol. The van der Waals surface area contributed by atoms with Crippen LogP contribution in [0.1, 0.15) is 5.69 Å². The third-order valence-corrected chi connectivity index (χ3v) is 2.87. The zero-order valence-corrected chi connectivity index (χ0v) is 11.9. The number of carbonyl (C=O) groups is 1. The Balaban J connectivity index is 1.59. The van der Waals surface area contributed by atoms with Gasteiger partial charge in [0.2, 0.25) is 11.8 Å². The summed E-state index contributed by atoms with van der Waals surface area (Å²) in [5.41, 5.74) is 1.06. The van der Waals surface area contributed by atoms with Crippen LogP contribution in [0.4, 0.5) is 10.1 Å². The fraction of sp³-hybridized carbons (Fsp3) is 0.0625. The smallest absolute Gasteiger partial charge is 0.230 e. The molecule has 0 aliphatic rings. The second-order valence-corrected chi connectivity index (χ2v) is 4.66. The van der Waals surface area contributed by atoms with Crippen molar-refractivity contribution in [2.24, 2.45) is 0 Å². The summed E-state index contributed by atoms with van der Waals surface area (Å²) >= 11 is 0. The van der Waals surface area contributed by atoms with Gasteiger partial charge in [0.05, 0.1) is 24.0 Å². The van der Waals surface area contributed by atoms with Gasteiger partial charge in [0.1, 0.15) is 17.8 Å². The lowest BCUT2D eigenvalue weighted by atomic mass is 10.3. The Bertz CT molecular complexity index is 789. The number of amides is 1. The molecule has 6 nitrogen and oxygen atoms in total. The molecule has 0 aliphatic carbocycles. The fourth-order valence-electron chi connectivity index (χ4n) is 1.86. The zero-order chi connectivity index (χ0) is 16.1. The van der Waals surface area contributed by atoms with E-state index in [1.54, 1.807) is 30.3 Å².